The van der Waals surface area contributed by atoms with E-state index < -0.39 is 5.97 Å². The minimum atomic E-state index is -0.509. The van der Waals surface area contributed by atoms with Crippen LogP contribution in [0, 0.1) is 0 Å². The molecular formula is C27H22N2O4S. The van der Waals surface area contributed by atoms with E-state index in [0.717, 1.165) is 15.7 Å². The maximum atomic E-state index is 12.6. The van der Waals surface area contributed by atoms with E-state index in [0.29, 0.717) is 22.5 Å². The molecule has 2 N–H and O–H groups in total. The first-order valence-electron chi connectivity index (χ1n) is 10.5. The molecule has 0 saturated heterocycles. The number of rotatable bonds is 7. The van der Waals surface area contributed by atoms with Crippen LogP contribution in [0.4, 0.5) is 11.4 Å². The maximum absolute atomic E-state index is 12.6. The summed E-state index contributed by atoms with van der Waals surface area (Å²) < 4.78 is 4.75. The molecule has 2 amide bonds. The number of amides is 2. The zero-order valence-electron chi connectivity index (χ0n) is 18.4. The van der Waals surface area contributed by atoms with Crippen LogP contribution >= 0.6 is 11.8 Å². The highest BCUT2D eigenvalue weighted by atomic mass is 32.2. The number of ether oxygens (including phenoxy) is 1. The molecule has 34 heavy (non-hydrogen) atoms. The number of anilines is 2. The van der Waals surface area contributed by atoms with Crippen molar-refractivity contribution in [2.24, 2.45) is 0 Å². The molecule has 0 fully saturated rings. The van der Waals surface area contributed by atoms with E-state index in [2.05, 4.69) is 10.6 Å². The van der Waals surface area contributed by atoms with E-state index in [-0.39, 0.29) is 17.6 Å². The normalized spacial score (nSPS) is 10.5. The summed E-state index contributed by atoms with van der Waals surface area (Å²) in [5.41, 5.74) is 1.96. The van der Waals surface area contributed by atoms with Crippen molar-refractivity contribution in [3.8, 4) is 0 Å². The average Bonchev–Trinajstić information content (AvgIpc) is 2.88. The summed E-state index contributed by atoms with van der Waals surface area (Å²) in [7, 11) is 1.30. The second kappa shape index (κ2) is 10.7. The fourth-order valence-electron chi connectivity index (χ4n) is 3.38. The van der Waals surface area contributed by atoms with Gasteiger partial charge in [-0.1, -0.05) is 42.5 Å². The molecule has 4 aromatic carbocycles. The van der Waals surface area contributed by atoms with Gasteiger partial charge in [0, 0.05) is 16.1 Å². The highest BCUT2D eigenvalue weighted by molar-refractivity contribution is 8.00. The summed E-state index contributed by atoms with van der Waals surface area (Å²) in [4.78, 5) is 37.7. The second-order valence-electron chi connectivity index (χ2n) is 7.41. The third-order valence-electron chi connectivity index (χ3n) is 5.10. The maximum Gasteiger partial charge on any atom is 0.339 e. The Bertz CT molecular complexity index is 1350. The number of fused-ring (bicyclic) bond motifs is 1. The Morgan fingerprint density at radius 1 is 0.794 bits per heavy atom. The number of esters is 1. The molecule has 0 unspecified atom stereocenters. The Balaban J connectivity index is 1.32. The predicted molar refractivity (Wildman–Crippen MR) is 135 cm³/mol. The average molecular weight is 471 g/mol. The van der Waals surface area contributed by atoms with E-state index in [9.17, 15) is 14.4 Å². The summed E-state index contributed by atoms with van der Waals surface area (Å²) >= 11 is 1.35. The van der Waals surface area contributed by atoms with Crippen molar-refractivity contribution in [3.63, 3.8) is 0 Å². The highest BCUT2D eigenvalue weighted by Crippen LogP contribution is 2.23. The molecule has 0 saturated carbocycles. The van der Waals surface area contributed by atoms with Crippen molar-refractivity contribution in [1.29, 1.82) is 0 Å². The molecule has 0 aromatic heterocycles. The van der Waals surface area contributed by atoms with Crippen molar-refractivity contribution in [2.75, 3.05) is 23.5 Å². The number of methoxy groups -OCH3 is 1. The molecule has 0 aliphatic rings. The van der Waals surface area contributed by atoms with E-state index >= 15 is 0 Å². The van der Waals surface area contributed by atoms with Crippen LogP contribution in [0.5, 0.6) is 0 Å². The minimum absolute atomic E-state index is 0.165. The van der Waals surface area contributed by atoms with Crippen LogP contribution in [-0.2, 0) is 9.53 Å². The van der Waals surface area contributed by atoms with E-state index in [4.69, 9.17) is 4.74 Å². The summed E-state index contributed by atoms with van der Waals surface area (Å²) in [6.45, 7) is 0. The Morgan fingerprint density at radius 2 is 1.50 bits per heavy atom. The van der Waals surface area contributed by atoms with Gasteiger partial charge in [0.25, 0.3) is 5.91 Å². The molecule has 6 nitrogen and oxygen atoms in total. The molecule has 0 heterocycles. The van der Waals surface area contributed by atoms with Crippen LogP contribution in [0.15, 0.2) is 95.9 Å². The van der Waals surface area contributed by atoms with Crippen LogP contribution in [-0.4, -0.2) is 30.6 Å². The molecule has 0 radical (unpaired) electrons. The van der Waals surface area contributed by atoms with Crippen molar-refractivity contribution in [1.82, 2.24) is 0 Å². The standard InChI is InChI=1S/C27H22N2O4S/c1-33-27(32)23-8-4-5-9-24(23)29-25(30)17-34-22-14-12-21(13-15-22)28-26(31)20-11-10-18-6-2-3-7-19(18)16-20/h2-16H,17H2,1H3,(H,28,31)(H,29,30). The monoisotopic (exact) mass is 470 g/mol. The second-order valence-corrected chi connectivity index (χ2v) is 8.46. The zero-order chi connectivity index (χ0) is 23.9. The first-order chi connectivity index (χ1) is 16.5. The largest absolute Gasteiger partial charge is 0.465 e. The SMILES string of the molecule is COC(=O)c1ccccc1NC(=O)CSc1ccc(NC(=O)c2ccc3ccccc3c2)cc1. The number of hydrogen-bond donors (Lipinski definition) is 2. The van der Waals surface area contributed by atoms with Gasteiger partial charge in [-0.25, -0.2) is 4.79 Å². The number of benzene rings is 4. The Kier molecular flexibility index (Phi) is 7.25. The molecule has 0 aliphatic heterocycles. The first kappa shape index (κ1) is 23.1. The number of carbonyl (C=O) groups is 3. The van der Waals surface area contributed by atoms with Crippen LogP contribution in [0.3, 0.4) is 0 Å². The lowest BCUT2D eigenvalue weighted by Crippen LogP contribution is -2.17. The first-order valence-corrected chi connectivity index (χ1v) is 11.5. The van der Waals surface area contributed by atoms with Gasteiger partial charge in [-0.3, -0.25) is 9.59 Å². The summed E-state index contributed by atoms with van der Waals surface area (Å²) in [6.07, 6.45) is 0. The number of hydrogen-bond acceptors (Lipinski definition) is 5. The zero-order valence-corrected chi connectivity index (χ0v) is 19.2. The number of para-hydroxylation sites is 1. The fourth-order valence-corrected chi connectivity index (χ4v) is 4.08. The van der Waals surface area contributed by atoms with E-state index in [1.165, 1.54) is 18.9 Å². The number of nitrogens with one attached hydrogen (secondary N) is 2. The van der Waals surface area contributed by atoms with Crippen molar-refractivity contribution in [3.05, 3.63) is 102 Å². The van der Waals surface area contributed by atoms with Gasteiger partial charge in [0.05, 0.1) is 24.1 Å². The summed E-state index contributed by atoms with van der Waals surface area (Å²) in [6, 6.07) is 27.5. The van der Waals surface area contributed by atoms with Crippen LogP contribution < -0.4 is 10.6 Å². The fraction of sp³-hybridized carbons (Fsp3) is 0.0741. The Labute approximate surface area is 201 Å². The van der Waals surface area contributed by atoms with Gasteiger partial charge in [0.2, 0.25) is 5.91 Å². The molecule has 7 heteroatoms. The van der Waals surface area contributed by atoms with Crippen molar-refractivity contribution in [2.45, 2.75) is 4.90 Å². The third-order valence-corrected chi connectivity index (χ3v) is 6.11. The van der Waals surface area contributed by atoms with Crippen LogP contribution in [0.1, 0.15) is 20.7 Å². The Morgan fingerprint density at radius 3 is 2.26 bits per heavy atom. The van der Waals surface area contributed by atoms with Gasteiger partial charge in [-0.05, 0) is 59.3 Å². The minimum Gasteiger partial charge on any atom is -0.465 e. The lowest BCUT2D eigenvalue weighted by Gasteiger charge is -2.10. The van der Waals surface area contributed by atoms with Gasteiger partial charge in [-0.2, -0.15) is 0 Å². The van der Waals surface area contributed by atoms with Crippen molar-refractivity contribution < 1.29 is 19.1 Å². The smallest absolute Gasteiger partial charge is 0.339 e. The van der Waals surface area contributed by atoms with Crippen LogP contribution in [0.2, 0.25) is 0 Å². The molecule has 0 spiro atoms. The van der Waals surface area contributed by atoms with Gasteiger partial charge in [0.1, 0.15) is 0 Å². The van der Waals surface area contributed by atoms with Crippen LogP contribution in [0.25, 0.3) is 10.8 Å². The van der Waals surface area contributed by atoms with E-state index in [1.54, 1.807) is 42.5 Å². The molecule has 170 valence electrons. The third kappa shape index (κ3) is 5.63. The summed E-state index contributed by atoms with van der Waals surface area (Å²) in [5, 5.41) is 7.74. The van der Waals surface area contributed by atoms with Gasteiger partial charge in [0.15, 0.2) is 0 Å². The predicted octanol–water partition coefficient (Wildman–Crippen LogP) is 5.61. The van der Waals surface area contributed by atoms with Gasteiger partial charge in [-0.15, -0.1) is 11.8 Å². The number of carbonyl (C=O) groups excluding carboxylic acids is 3. The summed E-state index contributed by atoms with van der Waals surface area (Å²) in [5.74, 6) is -0.770. The Hall–Kier alpha value is -4.10. The number of thioether (sulfide) groups is 1. The molecule has 0 aliphatic carbocycles. The molecule has 4 rings (SSSR count). The van der Waals surface area contributed by atoms with Gasteiger partial charge >= 0.3 is 5.97 Å². The molecule has 0 atom stereocenters. The lowest BCUT2D eigenvalue weighted by molar-refractivity contribution is -0.113. The van der Waals surface area contributed by atoms with Gasteiger partial charge < -0.3 is 15.4 Å². The topological polar surface area (TPSA) is 84.5 Å². The van der Waals surface area contributed by atoms with Crippen molar-refractivity contribution >= 4 is 51.7 Å². The lowest BCUT2D eigenvalue weighted by atomic mass is 10.1. The molecule has 4 aromatic rings. The highest BCUT2D eigenvalue weighted by Gasteiger charge is 2.13. The molecular weight excluding hydrogens is 448 g/mol. The molecule has 0 bridgehead atoms. The quantitative estimate of drug-likeness (QED) is 0.271. The van der Waals surface area contributed by atoms with E-state index in [1.807, 2.05) is 48.5 Å².